The van der Waals surface area contributed by atoms with Crippen LogP contribution in [-0.2, 0) is 9.59 Å². The minimum absolute atomic E-state index is 0.0544. The van der Waals surface area contributed by atoms with Gasteiger partial charge in [0, 0.05) is 17.6 Å². The molecule has 1 aromatic rings. The molecule has 0 saturated carbocycles. The van der Waals surface area contributed by atoms with E-state index in [9.17, 15) is 14.4 Å². The SMILES string of the molecule is CC1(C)C(=O)NCCN1c1cc2c(cc1Br)C(=O)C(=O)N2. The summed E-state index contributed by atoms with van der Waals surface area (Å²) in [6, 6.07) is 3.37. The van der Waals surface area contributed by atoms with Crippen molar-refractivity contribution >= 4 is 44.9 Å². The second kappa shape index (κ2) is 4.56. The molecule has 2 amide bonds. The highest BCUT2D eigenvalue weighted by Crippen LogP contribution is 2.38. The van der Waals surface area contributed by atoms with Crippen molar-refractivity contribution in [3.8, 4) is 0 Å². The number of amides is 2. The molecule has 0 unspecified atom stereocenters. The topological polar surface area (TPSA) is 78.5 Å². The van der Waals surface area contributed by atoms with E-state index >= 15 is 0 Å². The van der Waals surface area contributed by atoms with Crippen LogP contribution in [0.1, 0.15) is 24.2 Å². The van der Waals surface area contributed by atoms with Gasteiger partial charge in [-0.2, -0.15) is 0 Å². The number of ketones is 1. The number of nitrogens with one attached hydrogen (secondary N) is 2. The first-order valence-corrected chi connectivity index (χ1v) is 7.37. The average Bonchev–Trinajstić information content (AvgIpc) is 2.68. The molecule has 0 atom stereocenters. The first kappa shape index (κ1) is 14.1. The Morgan fingerprint density at radius 2 is 1.95 bits per heavy atom. The molecule has 3 rings (SSSR count). The second-order valence-electron chi connectivity index (χ2n) is 5.60. The predicted octanol–water partition coefficient (Wildman–Crippen LogP) is 1.30. The number of fused-ring (bicyclic) bond motifs is 1. The lowest BCUT2D eigenvalue weighted by molar-refractivity contribution is -0.126. The van der Waals surface area contributed by atoms with Crippen molar-refractivity contribution in [3.63, 3.8) is 0 Å². The number of benzene rings is 1. The molecule has 2 aliphatic rings. The van der Waals surface area contributed by atoms with Gasteiger partial charge < -0.3 is 15.5 Å². The van der Waals surface area contributed by atoms with E-state index in [1.807, 2.05) is 18.7 Å². The zero-order chi connectivity index (χ0) is 15.4. The number of carbonyl (C=O) groups excluding carboxylic acids is 3. The first-order valence-electron chi connectivity index (χ1n) is 6.57. The van der Waals surface area contributed by atoms with E-state index in [2.05, 4.69) is 26.6 Å². The summed E-state index contributed by atoms with van der Waals surface area (Å²) >= 11 is 3.44. The molecule has 0 bridgehead atoms. The van der Waals surface area contributed by atoms with Gasteiger partial charge in [0.1, 0.15) is 5.54 Å². The smallest absolute Gasteiger partial charge is 0.296 e. The molecule has 1 fully saturated rings. The lowest BCUT2D eigenvalue weighted by Crippen LogP contribution is -2.62. The molecule has 0 spiro atoms. The van der Waals surface area contributed by atoms with Gasteiger partial charge in [0.2, 0.25) is 5.91 Å². The van der Waals surface area contributed by atoms with Crippen molar-refractivity contribution in [2.24, 2.45) is 0 Å². The number of rotatable bonds is 1. The third-order valence-electron chi connectivity index (χ3n) is 3.93. The number of Topliss-reactive ketones (excluding diaryl/α,β-unsaturated/α-hetero) is 1. The van der Waals surface area contributed by atoms with Crippen LogP contribution in [0.5, 0.6) is 0 Å². The van der Waals surface area contributed by atoms with Gasteiger partial charge >= 0.3 is 0 Å². The van der Waals surface area contributed by atoms with Gasteiger partial charge in [0.05, 0.1) is 16.9 Å². The third-order valence-corrected chi connectivity index (χ3v) is 4.56. The van der Waals surface area contributed by atoms with Crippen molar-refractivity contribution in [1.82, 2.24) is 5.32 Å². The molecule has 110 valence electrons. The Balaban J connectivity index is 2.08. The first-order chi connectivity index (χ1) is 9.82. The van der Waals surface area contributed by atoms with E-state index < -0.39 is 17.2 Å². The van der Waals surface area contributed by atoms with Crippen LogP contribution < -0.4 is 15.5 Å². The minimum atomic E-state index is -0.707. The van der Waals surface area contributed by atoms with E-state index in [1.165, 1.54) is 0 Å². The molecule has 0 aromatic heterocycles. The van der Waals surface area contributed by atoms with Crippen molar-refractivity contribution in [3.05, 3.63) is 22.2 Å². The summed E-state index contributed by atoms with van der Waals surface area (Å²) < 4.78 is 0.689. The van der Waals surface area contributed by atoms with Gasteiger partial charge in [0.15, 0.2) is 0 Å². The summed E-state index contributed by atoms with van der Waals surface area (Å²) in [5.41, 5.74) is 0.921. The molecule has 1 saturated heterocycles. The summed E-state index contributed by atoms with van der Waals surface area (Å²) in [7, 11) is 0. The maximum Gasteiger partial charge on any atom is 0.296 e. The van der Waals surface area contributed by atoms with E-state index in [0.29, 0.717) is 28.8 Å². The number of carbonyl (C=O) groups is 3. The predicted molar refractivity (Wildman–Crippen MR) is 81.5 cm³/mol. The zero-order valence-electron chi connectivity index (χ0n) is 11.6. The molecule has 2 heterocycles. The van der Waals surface area contributed by atoms with Crippen LogP contribution >= 0.6 is 15.9 Å². The zero-order valence-corrected chi connectivity index (χ0v) is 13.2. The summed E-state index contributed by atoms with van der Waals surface area (Å²) in [6.07, 6.45) is 0. The van der Waals surface area contributed by atoms with Gasteiger partial charge in [-0.15, -0.1) is 0 Å². The number of piperazine rings is 1. The third kappa shape index (κ3) is 2.03. The molecule has 0 aliphatic carbocycles. The Bertz CT molecular complexity index is 684. The van der Waals surface area contributed by atoms with Gasteiger partial charge in [-0.1, -0.05) is 0 Å². The molecule has 1 aromatic carbocycles. The highest BCUT2D eigenvalue weighted by molar-refractivity contribution is 9.10. The average molecular weight is 352 g/mol. The number of nitrogens with zero attached hydrogens (tertiary/aromatic N) is 1. The van der Waals surface area contributed by atoms with Crippen molar-refractivity contribution in [2.75, 3.05) is 23.3 Å². The van der Waals surface area contributed by atoms with Crippen LogP contribution in [0.4, 0.5) is 11.4 Å². The standard InChI is InChI=1S/C14H14BrN3O3/c1-14(2)13(21)16-3-4-18(14)10-6-9-7(5-8(10)15)11(19)12(20)17-9/h5-6H,3-4H2,1-2H3,(H,16,21)(H,17,19,20). The van der Waals surface area contributed by atoms with Crippen LogP contribution in [0.25, 0.3) is 0 Å². The number of hydrogen-bond donors (Lipinski definition) is 2. The lowest BCUT2D eigenvalue weighted by atomic mass is 9.97. The fourth-order valence-corrected chi connectivity index (χ4v) is 3.24. The molecular formula is C14H14BrN3O3. The Kier molecular flexibility index (Phi) is 3.05. The van der Waals surface area contributed by atoms with E-state index in [0.717, 1.165) is 5.69 Å². The molecule has 2 aliphatic heterocycles. The second-order valence-corrected chi connectivity index (χ2v) is 6.45. The van der Waals surface area contributed by atoms with Crippen LogP contribution in [0.15, 0.2) is 16.6 Å². The Labute approximate surface area is 130 Å². The van der Waals surface area contributed by atoms with Crippen LogP contribution in [0.3, 0.4) is 0 Å². The normalized spacial score (nSPS) is 20.1. The fourth-order valence-electron chi connectivity index (χ4n) is 2.68. The summed E-state index contributed by atoms with van der Waals surface area (Å²) in [6.45, 7) is 4.88. The van der Waals surface area contributed by atoms with Crippen molar-refractivity contribution in [1.29, 1.82) is 0 Å². The Hall–Kier alpha value is -1.89. The van der Waals surface area contributed by atoms with E-state index in [-0.39, 0.29) is 5.91 Å². The van der Waals surface area contributed by atoms with Gasteiger partial charge in [-0.25, -0.2) is 0 Å². The van der Waals surface area contributed by atoms with Gasteiger partial charge in [-0.05, 0) is 41.9 Å². The molecule has 7 heteroatoms. The van der Waals surface area contributed by atoms with Crippen LogP contribution in [0, 0.1) is 0 Å². The number of anilines is 2. The quantitative estimate of drug-likeness (QED) is 0.747. The highest BCUT2D eigenvalue weighted by atomic mass is 79.9. The van der Waals surface area contributed by atoms with Crippen molar-refractivity contribution < 1.29 is 14.4 Å². The molecule has 2 N–H and O–H groups in total. The molecule has 6 nitrogen and oxygen atoms in total. The summed E-state index contributed by atoms with van der Waals surface area (Å²) in [5, 5.41) is 5.39. The van der Waals surface area contributed by atoms with E-state index in [4.69, 9.17) is 0 Å². The maximum atomic E-state index is 12.1. The summed E-state index contributed by atoms with van der Waals surface area (Å²) in [4.78, 5) is 37.2. The summed E-state index contributed by atoms with van der Waals surface area (Å²) in [5.74, 6) is -1.21. The largest absolute Gasteiger partial charge is 0.355 e. The highest BCUT2D eigenvalue weighted by Gasteiger charge is 2.39. The monoisotopic (exact) mass is 351 g/mol. The Morgan fingerprint density at radius 1 is 1.24 bits per heavy atom. The van der Waals surface area contributed by atoms with Gasteiger partial charge in [0.25, 0.3) is 11.7 Å². The van der Waals surface area contributed by atoms with Crippen molar-refractivity contribution in [2.45, 2.75) is 19.4 Å². The molecule has 21 heavy (non-hydrogen) atoms. The Morgan fingerprint density at radius 3 is 2.67 bits per heavy atom. The van der Waals surface area contributed by atoms with Crippen LogP contribution in [-0.4, -0.2) is 36.2 Å². The van der Waals surface area contributed by atoms with E-state index in [1.54, 1.807) is 12.1 Å². The molecular weight excluding hydrogens is 338 g/mol. The fraction of sp³-hybridized carbons (Fsp3) is 0.357. The minimum Gasteiger partial charge on any atom is -0.355 e. The van der Waals surface area contributed by atoms with Crippen LogP contribution in [0.2, 0.25) is 0 Å². The number of halogens is 1. The lowest BCUT2D eigenvalue weighted by Gasteiger charge is -2.43. The number of hydrogen-bond acceptors (Lipinski definition) is 4. The maximum absolute atomic E-state index is 12.1. The van der Waals surface area contributed by atoms with Gasteiger partial charge in [-0.3, -0.25) is 14.4 Å². The molecule has 0 radical (unpaired) electrons.